The zero-order valence-corrected chi connectivity index (χ0v) is 14.2. The Kier molecular flexibility index (Phi) is 5.63. The van der Waals surface area contributed by atoms with E-state index in [2.05, 4.69) is 55.0 Å². The van der Waals surface area contributed by atoms with E-state index in [-0.39, 0.29) is 0 Å². The summed E-state index contributed by atoms with van der Waals surface area (Å²) in [5.41, 5.74) is 1.81. The lowest BCUT2D eigenvalue weighted by molar-refractivity contribution is 0.238. The third-order valence-corrected chi connectivity index (χ3v) is 4.84. The second kappa shape index (κ2) is 7.26. The number of pyridine rings is 1. The summed E-state index contributed by atoms with van der Waals surface area (Å²) in [6.07, 6.45) is 5.87. The van der Waals surface area contributed by atoms with Crippen LogP contribution in [0.15, 0.2) is 18.3 Å². The smallest absolute Gasteiger partial charge is 0.128 e. The molecule has 0 amide bonds. The van der Waals surface area contributed by atoms with Crippen LogP contribution in [0.5, 0.6) is 0 Å². The molecule has 1 aliphatic heterocycles. The van der Waals surface area contributed by atoms with Crippen LogP contribution in [0.1, 0.15) is 52.5 Å². The fraction of sp³-hybridized carbons (Fsp3) is 0.722. The van der Waals surface area contributed by atoms with Crippen molar-refractivity contribution < 1.29 is 0 Å². The Bertz CT molecular complexity index is 417. The highest BCUT2D eigenvalue weighted by atomic mass is 15.2. The zero-order chi connectivity index (χ0) is 15.3. The maximum absolute atomic E-state index is 4.66. The van der Waals surface area contributed by atoms with Gasteiger partial charge >= 0.3 is 0 Å². The minimum absolute atomic E-state index is 0.539. The highest BCUT2D eigenvalue weighted by Gasteiger charge is 2.28. The first kappa shape index (κ1) is 16.3. The topological polar surface area (TPSA) is 28.2 Å². The summed E-state index contributed by atoms with van der Waals surface area (Å²) in [6, 6.07) is 4.39. The Morgan fingerprint density at radius 3 is 2.52 bits per heavy atom. The molecule has 1 N–H and O–H groups in total. The van der Waals surface area contributed by atoms with Crippen molar-refractivity contribution in [1.29, 1.82) is 0 Å². The fourth-order valence-electron chi connectivity index (χ4n) is 2.84. The van der Waals surface area contributed by atoms with Gasteiger partial charge in [0.05, 0.1) is 0 Å². The molecule has 1 aromatic heterocycles. The zero-order valence-electron chi connectivity index (χ0n) is 14.2. The molecule has 0 spiro atoms. The molecule has 1 fully saturated rings. The minimum atomic E-state index is 0.539. The lowest BCUT2D eigenvalue weighted by Crippen LogP contribution is -2.38. The number of nitrogens with one attached hydrogen (secondary N) is 1. The Morgan fingerprint density at radius 1 is 1.29 bits per heavy atom. The lowest BCUT2D eigenvalue weighted by atomic mass is 9.78. The maximum atomic E-state index is 4.66. The molecule has 0 saturated carbocycles. The molecule has 2 rings (SSSR count). The van der Waals surface area contributed by atoms with Crippen LogP contribution in [-0.2, 0) is 6.54 Å². The molecule has 21 heavy (non-hydrogen) atoms. The van der Waals surface area contributed by atoms with E-state index in [0.29, 0.717) is 11.3 Å². The molecule has 0 aliphatic carbocycles. The van der Waals surface area contributed by atoms with Crippen molar-refractivity contribution in [3.8, 4) is 0 Å². The van der Waals surface area contributed by atoms with E-state index < -0.39 is 0 Å². The predicted octanol–water partition coefficient (Wildman–Crippen LogP) is 3.84. The quantitative estimate of drug-likeness (QED) is 0.862. The van der Waals surface area contributed by atoms with Crippen molar-refractivity contribution in [1.82, 2.24) is 10.3 Å². The Hall–Kier alpha value is -1.09. The first-order valence-corrected chi connectivity index (χ1v) is 8.43. The average Bonchev–Trinajstić information content (AvgIpc) is 2.49. The van der Waals surface area contributed by atoms with Gasteiger partial charge in [0, 0.05) is 25.8 Å². The number of rotatable bonds is 6. The van der Waals surface area contributed by atoms with Gasteiger partial charge in [-0.25, -0.2) is 4.98 Å². The van der Waals surface area contributed by atoms with Gasteiger partial charge in [0.1, 0.15) is 5.82 Å². The van der Waals surface area contributed by atoms with Crippen molar-refractivity contribution in [2.24, 2.45) is 11.3 Å². The predicted molar refractivity (Wildman–Crippen MR) is 90.6 cm³/mol. The van der Waals surface area contributed by atoms with Gasteiger partial charge in [-0.05, 0) is 42.3 Å². The Labute approximate surface area is 130 Å². The molecule has 118 valence electrons. The maximum Gasteiger partial charge on any atom is 0.128 e. The molecule has 1 aliphatic rings. The summed E-state index contributed by atoms with van der Waals surface area (Å²) < 4.78 is 0. The molecule has 0 radical (unpaired) electrons. The van der Waals surface area contributed by atoms with Crippen LogP contribution < -0.4 is 10.2 Å². The van der Waals surface area contributed by atoms with Gasteiger partial charge < -0.3 is 10.2 Å². The minimum Gasteiger partial charge on any atom is -0.357 e. The highest BCUT2D eigenvalue weighted by Crippen LogP contribution is 2.35. The van der Waals surface area contributed by atoms with E-state index in [1.54, 1.807) is 0 Å². The number of piperidine rings is 1. The molecule has 0 bridgehead atoms. The summed E-state index contributed by atoms with van der Waals surface area (Å²) in [5, 5.41) is 3.46. The van der Waals surface area contributed by atoms with Crippen LogP contribution in [0.25, 0.3) is 0 Å². The molecule has 0 unspecified atom stereocenters. The molecule has 3 heteroatoms. The van der Waals surface area contributed by atoms with Gasteiger partial charge in [-0.15, -0.1) is 0 Å². The molecule has 1 aromatic rings. The average molecular weight is 289 g/mol. The van der Waals surface area contributed by atoms with Crippen LogP contribution in [0.2, 0.25) is 0 Å². The summed E-state index contributed by atoms with van der Waals surface area (Å²) in [7, 11) is 0. The van der Waals surface area contributed by atoms with Crippen molar-refractivity contribution in [3.05, 3.63) is 23.9 Å². The van der Waals surface area contributed by atoms with Crippen molar-refractivity contribution in [2.45, 2.75) is 53.5 Å². The van der Waals surface area contributed by atoms with Crippen LogP contribution in [0, 0.1) is 11.3 Å². The molecule has 1 saturated heterocycles. The number of nitrogens with zero attached hydrogens (tertiary/aromatic N) is 2. The molecular weight excluding hydrogens is 258 g/mol. The Morgan fingerprint density at radius 2 is 2.00 bits per heavy atom. The summed E-state index contributed by atoms with van der Waals surface area (Å²) in [6.45, 7) is 13.4. The highest BCUT2D eigenvalue weighted by molar-refractivity contribution is 5.39. The van der Waals surface area contributed by atoms with Gasteiger partial charge in [-0.2, -0.15) is 0 Å². The van der Waals surface area contributed by atoms with E-state index in [9.17, 15) is 0 Å². The van der Waals surface area contributed by atoms with Gasteiger partial charge in [0.15, 0.2) is 0 Å². The van der Waals surface area contributed by atoms with Crippen molar-refractivity contribution in [3.63, 3.8) is 0 Å². The molecule has 0 atom stereocenters. The van der Waals surface area contributed by atoms with Crippen LogP contribution in [0.4, 0.5) is 5.82 Å². The number of hydrogen-bond acceptors (Lipinski definition) is 3. The van der Waals surface area contributed by atoms with Crippen LogP contribution in [-0.4, -0.2) is 24.6 Å². The summed E-state index contributed by atoms with van der Waals surface area (Å²) in [5.74, 6) is 1.83. The summed E-state index contributed by atoms with van der Waals surface area (Å²) >= 11 is 0. The number of hydrogen-bond donors (Lipinski definition) is 1. The molecule has 3 nitrogen and oxygen atoms in total. The first-order valence-electron chi connectivity index (χ1n) is 8.43. The second-order valence-corrected chi connectivity index (χ2v) is 7.20. The molecular formula is C18H31N3. The monoisotopic (exact) mass is 289 g/mol. The SMILES string of the molecule is CCC1(C)CCN(c2ccc(CNCC(C)C)cn2)CC1. The van der Waals surface area contributed by atoms with Crippen LogP contribution >= 0.6 is 0 Å². The number of anilines is 1. The third-order valence-electron chi connectivity index (χ3n) is 4.84. The standard InChI is InChI=1S/C18H31N3/c1-5-18(4)8-10-21(11-9-18)17-7-6-16(14-20-17)13-19-12-15(2)3/h6-7,14-15,19H,5,8-13H2,1-4H3. The second-order valence-electron chi connectivity index (χ2n) is 7.20. The van der Waals surface area contributed by atoms with Gasteiger partial charge in [0.25, 0.3) is 0 Å². The van der Waals surface area contributed by atoms with Crippen LogP contribution in [0.3, 0.4) is 0 Å². The fourth-order valence-corrected chi connectivity index (χ4v) is 2.84. The van der Waals surface area contributed by atoms with Gasteiger partial charge in [-0.1, -0.05) is 40.2 Å². The largest absolute Gasteiger partial charge is 0.357 e. The normalized spacial score (nSPS) is 18.2. The van der Waals surface area contributed by atoms with Crippen molar-refractivity contribution >= 4 is 5.82 Å². The third kappa shape index (κ3) is 4.70. The Balaban J connectivity index is 1.85. The van der Waals surface area contributed by atoms with Crippen molar-refractivity contribution in [2.75, 3.05) is 24.5 Å². The number of aromatic nitrogens is 1. The lowest BCUT2D eigenvalue weighted by Gasteiger charge is -2.39. The van der Waals surface area contributed by atoms with Gasteiger partial charge in [-0.3, -0.25) is 0 Å². The van der Waals surface area contributed by atoms with E-state index in [4.69, 9.17) is 0 Å². The summed E-state index contributed by atoms with van der Waals surface area (Å²) in [4.78, 5) is 7.09. The van der Waals surface area contributed by atoms with E-state index in [1.807, 2.05) is 6.20 Å². The molecule has 2 heterocycles. The first-order chi connectivity index (χ1) is 10.0. The molecule has 0 aromatic carbocycles. The van der Waals surface area contributed by atoms with E-state index in [1.165, 1.54) is 24.8 Å². The van der Waals surface area contributed by atoms with E-state index in [0.717, 1.165) is 32.0 Å². The van der Waals surface area contributed by atoms with Gasteiger partial charge in [0.2, 0.25) is 0 Å². The van der Waals surface area contributed by atoms with E-state index >= 15 is 0 Å².